The minimum atomic E-state index is -3.55. The molecule has 1 rings (SSSR count). The van der Waals surface area contributed by atoms with E-state index in [1.165, 1.54) is 30.5 Å². The smallest absolute Gasteiger partial charge is 0.251 e. The Labute approximate surface area is 108 Å². The lowest BCUT2D eigenvalue weighted by Gasteiger charge is -2.21. The molecule has 0 aliphatic carbocycles. The second-order valence-corrected chi connectivity index (χ2v) is 6.22. The molecule has 0 radical (unpaired) electrons. The molecule has 0 unspecified atom stereocenters. The van der Waals surface area contributed by atoms with E-state index in [0.717, 1.165) is 0 Å². The van der Waals surface area contributed by atoms with Crippen molar-refractivity contribution in [3.63, 3.8) is 0 Å². The van der Waals surface area contributed by atoms with Gasteiger partial charge in [0.25, 0.3) is 5.91 Å². The maximum Gasteiger partial charge on any atom is 0.251 e. The van der Waals surface area contributed by atoms with Crippen molar-refractivity contribution in [2.75, 3.05) is 14.1 Å². The van der Waals surface area contributed by atoms with Crippen LogP contribution in [-0.2, 0) is 10.0 Å². The van der Waals surface area contributed by atoms with E-state index in [2.05, 4.69) is 5.32 Å². The molecule has 100 valence electrons. The lowest BCUT2D eigenvalue weighted by Crippen LogP contribution is -2.33. The SMILES string of the molecule is CNC(=O)c1cccc(S(=O)(=O)N(C)C(C)C)c1. The first-order valence-electron chi connectivity index (χ1n) is 5.61. The highest BCUT2D eigenvalue weighted by Crippen LogP contribution is 2.17. The van der Waals surface area contributed by atoms with Crippen LogP contribution in [0.25, 0.3) is 0 Å². The lowest BCUT2D eigenvalue weighted by atomic mass is 10.2. The number of carbonyl (C=O) groups is 1. The second-order valence-electron chi connectivity index (χ2n) is 4.22. The van der Waals surface area contributed by atoms with Gasteiger partial charge < -0.3 is 5.32 Å². The molecule has 6 heteroatoms. The minimum absolute atomic E-state index is 0.125. The summed E-state index contributed by atoms with van der Waals surface area (Å²) in [5, 5.41) is 2.46. The first kappa shape index (κ1) is 14.7. The molecule has 0 bridgehead atoms. The van der Waals surface area contributed by atoms with E-state index in [0.29, 0.717) is 5.56 Å². The first-order valence-corrected chi connectivity index (χ1v) is 7.05. The van der Waals surface area contributed by atoms with Crippen LogP contribution in [0.2, 0.25) is 0 Å². The maximum atomic E-state index is 12.2. The third-order valence-electron chi connectivity index (χ3n) is 2.73. The zero-order valence-corrected chi connectivity index (χ0v) is 11.8. The van der Waals surface area contributed by atoms with E-state index >= 15 is 0 Å². The van der Waals surface area contributed by atoms with E-state index < -0.39 is 10.0 Å². The molecule has 0 saturated heterocycles. The Morgan fingerprint density at radius 2 is 1.94 bits per heavy atom. The fraction of sp³-hybridized carbons (Fsp3) is 0.417. The number of nitrogens with zero attached hydrogens (tertiary/aromatic N) is 1. The van der Waals surface area contributed by atoms with Gasteiger partial charge in [0, 0.05) is 25.7 Å². The van der Waals surface area contributed by atoms with Crippen molar-refractivity contribution in [1.82, 2.24) is 9.62 Å². The molecule has 0 spiro atoms. The van der Waals surface area contributed by atoms with Crippen molar-refractivity contribution >= 4 is 15.9 Å². The van der Waals surface area contributed by atoms with Crippen LogP contribution in [0.5, 0.6) is 0 Å². The summed E-state index contributed by atoms with van der Waals surface area (Å²) in [6, 6.07) is 5.87. The molecule has 5 nitrogen and oxygen atoms in total. The summed E-state index contributed by atoms with van der Waals surface area (Å²) < 4.78 is 25.7. The van der Waals surface area contributed by atoms with Gasteiger partial charge in [0.15, 0.2) is 0 Å². The highest BCUT2D eigenvalue weighted by molar-refractivity contribution is 7.89. The van der Waals surface area contributed by atoms with Crippen LogP contribution in [0.15, 0.2) is 29.2 Å². The summed E-state index contributed by atoms with van der Waals surface area (Å²) in [7, 11) is -0.525. The molecular formula is C12H18N2O3S. The van der Waals surface area contributed by atoms with Gasteiger partial charge in [-0.2, -0.15) is 4.31 Å². The van der Waals surface area contributed by atoms with E-state index in [4.69, 9.17) is 0 Å². The van der Waals surface area contributed by atoms with E-state index in [9.17, 15) is 13.2 Å². The van der Waals surface area contributed by atoms with Crippen LogP contribution in [0, 0.1) is 0 Å². The Kier molecular flexibility index (Phi) is 4.48. The van der Waals surface area contributed by atoms with Crippen molar-refractivity contribution in [2.45, 2.75) is 24.8 Å². The molecule has 0 aliphatic heterocycles. The van der Waals surface area contributed by atoms with Gasteiger partial charge in [0.1, 0.15) is 0 Å². The van der Waals surface area contributed by atoms with Crippen LogP contribution in [0.3, 0.4) is 0 Å². The van der Waals surface area contributed by atoms with Crippen LogP contribution in [0.4, 0.5) is 0 Å². The summed E-state index contributed by atoms with van der Waals surface area (Å²) in [6.45, 7) is 3.58. The summed E-state index contributed by atoms with van der Waals surface area (Å²) in [5.41, 5.74) is 0.329. The number of sulfonamides is 1. The van der Waals surface area contributed by atoms with Crippen molar-refractivity contribution in [2.24, 2.45) is 0 Å². The van der Waals surface area contributed by atoms with Crippen molar-refractivity contribution < 1.29 is 13.2 Å². The predicted molar refractivity (Wildman–Crippen MR) is 69.9 cm³/mol. The highest BCUT2D eigenvalue weighted by Gasteiger charge is 2.23. The van der Waals surface area contributed by atoms with Crippen LogP contribution in [-0.4, -0.2) is 38.8 Å². The van der Waals surface area contributed by atoms with Crippen LogP contribution >= 0.6 is 0 Å². The maximum absolute atomic E-state index is 12.2. The number of rotatable bonds is 4. The van der Waals surface area contributed by atoms with E-state index in [1.807, 2.05) is 0 Å². The number of carbonyl (C=O) groups excluding carboxylic acids is 1. The van der Waals surface area contributed by atoms with Crippen molar-refractivity contribution in [3.8, 4) is 0 Å². The van der Waals surface area contributed by atoms with Gasteiger partial charge in [-0.05, 0) is 32.0 Å². The first-order chi connectivity index (χ1) is 8.30. The van der Waals surface area contributed by atoms with Gasteiger partial charge in [-0.3, -0.25) is 4.79 Å². The van der Waals surface area contributed by atoms with Gasteiger partial charge >= 0.3 is 0 Å². The lowest BCUT2D eigenvalue weighted by molar-refractivity contribution is 0.0963. The minimum Gasteiger partial charge on any atom is -0.355 e. The zero-order valence-electron chi connectivity index (χ0n) is 11.0. The molecule has 1 aromatic rings. The zero-order chi connectivity index (χ0) is 13.9. The third-order valence-corrected chi connectivity index (χ3v) is 4.76. The third kappa shape index (κ3) is 2.88. The fourth-order valence-corrected chi connectivity index (χ4v) is 2.80. The molecule has 1 aromatic carbocycles. The van der Waals surface area contributed by atoms with Gasteiger partial charge in [0.05, 0.1) is 4.90 Å². The summed E-state index contributed by atoms with van der Waals surface area (Å²) >= 11 is 0. The summed E-state index contributed by atoms with van der Waals surface area (Å²) in [6.07, 6.45) is 0. The normalized spacial score (nSPS) is 11.9. The van der Waals surface area contributed by atoms with Gasteiger partial charge in [-0.25, -0.2) is 8.42 Å². The number of hydrogen-bond donors (Lipinski definition) is 1. The Balaban J connectivity index is 3.22. The van der Waals surface area contributed by atoms with E-state index in [-0.39, 0.29) is 16.8 Å². The Morgan fingerprint density at radius 1 is 1.33 bits per heavy atom. The largest absolute Gasteiger partial charge is 0.355 e. The van der Waals surface area contributed by atoms with Crippen molar-refractivity contribution in [1.29, 1.82) is 0 Å². The van der Waals surface area contributed by atoms with Crippen molar-refractivity contribution in [3.05, 3.63) is 29.8 Å². The molecule has 1 N–H and O–H groups in total. The standard InChI is InChI=1S/C12H18N2O3S/c1-9(2)14(4)18(16,17)11-7-5-6-10(8-11)12(15)13-3/h5-9H,1-4H3,(H,13,15). The Morgan fingerprint density at radius 3 is 2.44 bits per heavy atom. The van der Waals surface area contributed by atoms with Gasteiger partial charge in [0.2, 0.25) is 10.0 Å². The molecule has 0 atom stereocenters. The molecule has 0 aliphatic rings. The second kappa shape index (κ2) is 5.49. The highest BCUT2D eigenvalue weighted by atomic mass is 32.2. The fourth-order valence-electron chi connectivity index (χ4n) is 1.39. The molecule has 0 aromatic heterocycles. The van der Waals surface area contributed by atoms with Crippen LogP contribution < -0.4 is 5.32 Å². The molecule has 0 heterocycles. The monoisotopic (exact) mass is 270 g/mol. The molecule has 0 saturated carbocycles. The van der Waals surface area contributed by atoms with Gasteiger partial charge in [-0.15, -0.1) is 0 Å². The average molecular weight is 270 g/mol. The number of benzene rings is 1. The average Bonchev–Trinajstić information content (AvgIpc) is 2.36. The number of nitrogens with one attached hydrogen (secondary N) is 1. The predicted octanol–water partition coefficient (Wildman–Crippen LogP) is 1.08. The van der Waals surface area contributed by atoms with E-state index in [1.54, 1.807) is 26.0 Å². The van der Waals surface area contributed by atoms with Gasteiger partial charge in [-0.1, -0.05) is 6.07 Å². The van der Waals surface area contributed by atoms with Crippen LogP contribution in [0.1, 0.15) is 24.2 Å². The Hall–Kier alpha value is -1.40. The topological polar surface area (TPSA) is 66.5 Å². The summed E-state index contributed by atoms with van der Waals surface area (Å²) in [4.78, 5) is 11.6. The molecular weight excluding hydrogens is 252 g/mol. The molecule has 0 fully saturated rings. The number of amides is 1. The molecule has 18 heavy (non-hydrogen) atoms. The molecule has 1 amide bonds. The quantitative estimate of drug-likeness (QED) is 0.890. The summed E-state index contributed by atoms with van der Waals surface area (Å²) in [5.74, 6) is -0.306. The number of hydrogen-bond acceptors (Lipinski definition) is 3. The Bertz CT molecular complexity index is 538.